The van der Waals surface area contributed by atoms with Crippen LogP contribution in [0.3, 0.4) is 0 Å². The van der Waals surface area contributed by atoms with Crippen LogP contribution in [0.5, 0.6) is 5.75 Å². The Bertz CT molecular complexity index is 964. The average Bonchev–Trinajstić information content (AvgIpc) is 3.06. The van der Waals surface area contributed by atoms with Crippen molar-refractivity contribution >= 4 is 34.3 Å². The van der Waals surface area contributed by atoms with Crippen LogP contribution in [0, 0.1) is 0 Å². The number of aromatic amines is 1. The van der Waals surface area contributed by atoms with E-state index in [1.54, 1.807) is 18.2 Å². The van der Waals surface area contributed by atoms with Gasteiger partial charge in [-0.2, -0.15) is 0 Å². The molecule has 0 fully saturated rings. The van der Waals surface area contributed by atoms with Gasteiger partial charge in [-0.25, -0.2) is 9.78 Å². The molecule has 8 nitrogen and oxygen atoms in total. The molecule has 26 heavy (non-hydrogen) atoms. The van der Waals surface area contributed by atoms with Crippen LogP contribution in [0.25, 0.3) is 11.0 Å². The lowest BCUT2D eigenvalue weighted by molar-refractivity contribution is -0.118. The number of rotatable bonds is 3. The number of amides is 3. The van der Waals surface area contributed by atoms with E-state index in [0.717, 1.165) is 11.0 Å². The van der Waals surface area contributed by atoms with Crippen LogP contribution in [0.1, 0.15) is 18.8 Å². The Balaban J connectivity index is 1.42. The SMILES string of the molecule is CC(NC(=O)Nc1ccc2c(c1)OCC(=O)N2)c1nc2ccccc2[nH]1. The summed E-state index contributed by atoms with van der Waals surface area (Å²) in [6.45, 7) is 1.81. The van der Waals surface area contributed by atoms with E-state index < -0.39 is 0 Å². The highest BCUT2D eigenvalue weighted by Crippen LogP contribution is 2.30. The Labute approximate surface area is 149 Å². The molecule has 4 rings (SSSR count). The second-order valence-corrected chi connectivity index (χ2v) is 6.01. The van der Waals surface area contributed by atoms with Gasteiger partial charge in [0.1, 0.15) is 11.6 Å². The lowest BCUT2D eigenvalue weighted by Gasteiger charge is -2.19. The number of fused-ring (bicyclic) bond motifs is 2. The van der Waals surface area contributed by atoms with Gasteiger partial charge in [0.25, 0.3) is 5.91 Å². The number of urea groups is 1. The highest BCUT2D eigenvalue weighted by Gasteiger charge is 2.17. The van der Waals surface area contributed by atoms with Gasteiger partial charge in [0.05, 0.1) is 22.8 Å². The van der Waals surface area contributed by atoms with E-state index >= 15 is 0 Å². The van der Waals surface area contributed by atoms with E-state index in [-0.39, 0.29) is 24.6 Å². The summed E-state index contributed by atoms with van der Waals surface area (Å²) >= 11 is 0. The molecule has 1 aromatic heterocycles. The Kier molecular flexibility index (Phi) is 3.92. The molecule has 0 saturated heterocycles. The number of anilines is 2. The Hall–Kier alpha value is -3.55. The first-order chi connectivity index (χ1) is 12.6. The number of hydrogen-bond donors (Lipinski definition) is 4. The van der Waals surface area contributed by atoms with Gasteiger partial charge in [-0.05, 0) is 31.2 Å². The second kappa shape index (κ2) is 6.40. The topological polar surface area (TPSA) is 108 Å². The molecule has 0 saturated carbocycles. The van der Waals surface area contributed by atoms with Crippen molar-refractivity contribution in [2.24, 2.45) is 0 Å². The predicted molar refractivity (Wildman–Crippen MR) is 97.2 cm³/mol. The van der Waals surface area contributed by atoms with Crippen molar-refractivity contribution in [1.82, 2.24) is 15.3 Å². The highest BCUT2D eigenvalue weighted by atomic mass is 16.5. The maximum absolute atomic E-state index is 12.3. The third kappa shape index (κ3) is 3.16. The van der Waals surface area contributed by atoms with E-state index in [2.05, 4.69) is 25.9 Å². The smallest absolute Gasteiger partial charge is 0.319 e. The summed E-state index contributed by atoms with van der Waals surface area (Å²) in [5.41, 5.74) is 2.92. The Morgan fingerprint density at radius 1 is 1.27 bits per heavy atom. The van der Waals surface area contributed by atoms with Gasteiger partial charge < -0.3 is 25.7 Å². The van der Waals surface area contributed by atoms with Crippen LogP contribution in [0.4, 0.5) is 16.2 Å². The molecule has 4 N–H and O–H groups in total. The largest absolute Gasteiger partial charge is 0.482 e. The van der Waals surface area contributed by atoms with Gasteiger partial charge in [0, 0.05) is 11.8 Å². The maximum Gasteiger partial charge on any atom is 0.319 e. The van der Waals surface area contributed by atoms with Crippen LogP contribution < -0.4 is 20.7 Å². The summed E-state index contributed by atoms with van der Waals surface area (Å²) in [5, 5.41) is 8.29. The maximum atomic E-state index is 12.3. The fraction of sp³-hybridized carbons (Fsp3) is 0.167. The average molecular weight is 351 g/mol. The van der Waals surface area contributed by atoms with Crippen LogP contribution in [-0.2, 0) is 4.79 Å². The number of H-pyrrole nitrogens is 1. The number of imidazole rings is 1. The van der Waals surface area contributed by atoms with Crippen LogP contribution in [0.2, 0.25) is 0 Å². The molecule has 1 aliphatic rings. The van der Waals surface area contributed by atoms with E-state index in [1.165, 1.54) is 0 Å². The number of benzene rings is 2. The fourth-order valence-corrected chi connectivity index (χ4v) is 2.76. The lowest BCUT2D eigenvalue weighted by atomic mass is 10.2. The van der Waals surface area contributed by atoms with Gasteiger partial charge in [-0.15, -0.1) is 0 Å². The second-order valence-electron chi connectivity index (χ2n) is 6.01. The number of para-hydroxylation sites is 2. The molecule has 0 spiro atoms. The summed E-state index contributed by atoms with van der Waals surface area (Å²) in [5.74, 6) is 1.00. The first kappa shape index (κ1) is 15.9. The minimum absolute atomic E-state index is 0.0360. The van der Waals surface area contributed by atoms with Crippen molar-refractivity contribution in [1.29, 1.82) is 0 Å². The van der Waals surface area contributed by atoms with E-state index in [1.807, 2.05) is 31.2 Å². The summed E-state index contributed by atoms with van der Waals surface area (Å²) in [4.78, 5) is 31.2. The molecule has 2 aromatic carbocycles. The molecule has 0 bridgehead atoms. The number of ether oxygens (including phenoxy) is 1. The summed E-state index contributed by atoms with van der Waals surface area (Å²) < 4.78 is 5.34. The van der Waals surface area contributed by atoms with Crippen LogP contribution in [-0.4, -0.2) is 28.5 Å². The number of nitrogens with zero attached hydrogens (tertiary/aromatic N) is 1. The lowest BCUT2D eigenvalue weighted by Crippen LogP contribution is -2.31. The number of carbonyl (C=O) groups excluding carboxylic acids is 2. The molecule has 1 atom stereocenters. The minimum atomic E-state index is -0.363. The van der Waals surface area contributed by atoms with Gasteiger partial charge in [-0.3, -0.25) is 4.79 Å². The zero-order valence-corrected chi connectivity index (χ0v) is 14.0. The molecule has 0 aliphatic carbocycles. The van der Waals surface area contributed by atoms with Gasteiger partial charge in [-0.1, -0.05) is 12.1 Å². The molecular formula is C18H17N5O3. The molecule has 8 heteroatoms. The molecule has 132 valence electrons. The van der Waals surface area contributed by atoms with Crippen LogP contribution >= 0.6 is 0 Å². The number of aromatic nitrogens is 2. The number of carbonyl (C=O) groups is 2. The van der Waals surface area contributed by atoms with E-state index in [0.29, 0.717) is 22.9 Å². The quantitative estimate of drug-likeness (QED) is 0.582. The molecule has 3 amide bonds. The highest BCUT2D eigenvalue weighted by molar-refractivity contribution is 5.96. The third-order valence-electron chi connectivity index (χ3n) is 4.04. The van der Waals surface area contributed by atoms with Crippen molar-refractivity contribution in [3.05, 3.63) is 48.3 Å². The van der Waals surface area contributed by atoms with E-state index in [9.17, 15) is 9.59 Å². The summed E-state index contributed by atoms with van der Waals surface area (Å²) in [7, 11) is 0. The standard InChI is InChI=1S/C18H17N5O3/c1-10(17-22-12-4-2-3-5-13(12)23-17)19-18(25)20-11-6-7-14-15(8-11)26-9-16(24)21-14/h2-8,10H,9H2,1H3,(H,21,24)(H,22,23)(H2,19,20,25). The predicted octanol–water partition coefficient (Wildman–Crippen LogP) is 2.78. The zero-order valence-electron chi connectivity index (χ0n) is 14.0. The zero-order chi connectivity index (χ0) is 18.1. The molecule has 2 heterocycles. The number of hydrogen-bond acceptors (Lipinski definition) is 4. The van der Waals surface area contributed by atoms with Gasteiger partial charge >= 0.3 is 6.03 Å². The van der Waals surface area contributed by atoms with Gasteiger partial charge in [0.15, 0.2) is 6.61 Å². The number of nitrogens with one attached hydrogen (secondary N) is 4. The molecule has 1 unspecified atom stereocenters. The minimum Gasteiger partial charge on any atom is -0.482 e. The van der Waals surface area contributed by atoms with Crippen molar-refractivity contribution in [2.45, 2.75) is 13.0 Å². The van der Waals surface area contributed by atoms with Crippen molar-refractivity contribution in [2.75, 3.05) is 17.2 Å². The first-order valence-corrected chi connectivity index (χ1v) is 8.17. The van der Waals surface area contributed by atoms with Crippen molar-refractivity contribution in [3.63, 3.8) is 0 Å². The van der Waals surface area contributed by atoms with Gasteiger partial charge in [0.2, 0.25) is 0 Å². The Morgan fingerprint density at radius 3 is 2.96 bits per heavy atom. The first-order valence-electron chi connectivity index (χ1n) is 8.17. The monoisotopic (exact) mass is 351 g/mol. The third-order valence-corrected chi connectivity index (χ3v) is 4.04. The Morgan fingerprint density at radius 2 is 2.12 bits per heavy atom. The summed E-state index contributed by atoms with van der Waals surface area (Å²) in [6.07, 6.45) is 0. The summed E-state index contributed by atoms with van der Waals surface area (Å²) in [6, 6.07) is 12.1. The fourth-order valence-electron chi connectivity index (χ4n) is 2.76. The normalized spacial score (nSPS) is 14.1. The van der Waals surface area contributed by atoms with Crippen molar-refractivity contribution < 1.29 is 14.3 Å². The van der Waals surface area contributed by atoms with E-state index in [4.69, 9.17) is 4.74 Å². The molecule has 0 radical (unpaired) electrons. The molecule has 3 aromatic rings. The van der Waals surface area contributed by atoms with Crippen molar-refractivity contribution in [3.8, 4) is 5.75 Å². The molecular weight excluding hydrogens is 334 g/mol. The molecule has 1 aliphatic heterocycles. The van der Waals surface area contributed by atoms with Crippen LogP contribution in [0.15, 0.2) is 42.5 Å².